The Kier molecular flexibility index (Phi) is 4.26. The van der Waals surface area contributed by atoms with Crippen LogP contribution in [0.1, 0.15) is 15.4 Å². The number of carboxylic acid groups (broad SMARTS) is 1. The van der Waals surface area contributed by atoms with E-state index in [1.807, 2.05) is 34.3 Å². The van der Waals surface area contributed by atoms with E-state index in [0.717, 1.165) is 4.88 Å². The molecule has 22 heavy (non-hydrogen) atoms. The van der Waals surface area contributed by atoms with Gasteiger partial charge in [0.25, 0.3) is 5.91 Å². The number of hydrogen-bond acceptors (Lipinski definition) is 4. The summed E-state index contributed by atoms with van der Waals surface area (Å²) >= 11 is 1.64. The van der Waals surface area contributed by atoms with Crippen molar-refractivity contribution in [2.45, 2.75) is 12.6 Å². The molecule has 1 N–H and O–H groups in total. The van der Waals surface area contributed by atoms with Crippen LogP contribution in [0, 0.1) is 0 Å². The molecule has 0 aromatic carbocycles. The quantitative estimate of drug-likeness (QED) is 0.927. The van der Waals surface area contributed by atoms with E-state index in [9.17, 15) is 9.59 Å². The Morgan fingerprint density at radius 1 is 1.36 bits per heavy atom. The van der Waals surface area contributed by atoms with Gasteiger partial charge in [-0.05, 0) is 23.6 Å². The van der Waals surface area contributed by atoms with Crippen molar-refractivity contribution in [1.82, 2.24) is 9.47 Å². The van der Waals surface area contributed by atoms with Crippen LogP contribution in [0.2, 0.25) is 0 Å². The van der Waals surface area contributed by atoms with Gasteiger partial charge in [0.05, 0.1) is 19.7 Å². The Morgan fingerprint density at radius 3 is 2.95 bits per heavy atom. The van der Waals surface area contributed by atoms with Gasteiger partial charge in [-0.1, -0.05) is 6.07 Å². The predicted octanol–water partition coefficient (Wildman–Crippen LogP) is 1.52. The lowest BCUT2D eigenvalue weighted by molar-refractivity contribution is -0.154. The van der Waals surface area contributed by atoms with E-state index in [1.54, 1.807) is 22.3 Å². The lowest BCUT2D eigenvalue weighted by Crippen LogP contribution is -2.48. The van der Waals surface area contributed by atoms with Crippen LogP contribution < -0.4 is 0 Å². The minimum atomic E-state index is -1.04. The first-order valence-electron chi connectivity index (χ1n) is 6.96. The highest BCUT2D eigenvalue weighted by atomic mass is 32.1. The average molecular weight is 320 g/mol. The largest absolute Gasteiger partial charge is 0.479 e. The molecule has 1 fully saturated rings. The predicted molar refractivity (Wildman–Crippen MR) is 81.1 cm³/mol. The minimum absolute atomic E-state index is 0.0817. The molecule has 1 unspecified atom stereocenters. The van der Waals surface area contributed by atoms with Gasteiger partial charge < -0.3 is 19.3 Å². The number of thiophene rings is 1. The van der Waals surface area contributed by atoms with E-state index in [-0.39, 0.29) is 19.1 Å². The number of rotatable bonds is 4. The molecule has 1 amide bonds. The standard InChI is InChI=1S/C15H16N2O4S/c18-14(17-6-7-21-13(10-17)15(19)20)12-4-1-5-16(12)9-11-3-2-8-22-11/h1-5,8,13H,6-7,9-10H2,(H,19,20). The Labute approximate surface area is 131 Å². The maximum atomic E-state index is 12.6. The second-order valence-electron chi connectivity index (χ2n) is 5.05. The third-order valence-corrected chi connectivity index (χ3v) is 4.45. The molecule has 1 saturated heterocycles. The van der Waals surface area contributed by atoms with E-state index in [0.29, 0.717) is 18.8 Å². The second-order valence-corrected chi connectivity index (χ2v) is 6.08. The van der Waals surface area contributed by atoms with Crippen molar-refractivity contribution in [3.05, 3.63) is 46.4 Å². The van der Waals surface area contributed by atoms with Crippen LogP contribution in [-0.4, -0.2) is 52.3 Å². The Bertz CT molecular complexity index is 665. The average Bonchev–Trinajstić information content (AvgIpc) is 3.19. The van der Waals surface area contributed by atoms with Crippen molar-refractivity contribution in [2.75, 3.05) is 19.7 Å². The molecule has 2 aromatic heterocycles. The highest BCUT2D eigenvalue weighted by Gasteiger charge is 2.30. The summed E-state index contributed by atoms with van der Waals surface area (Å²) < 4.78 is 7.04. The molecule has 0 aliphatic carbocycles. The maximum Gasteiger partial charge on any atom is 0.334 e. The van der Waals surface area contributed by atoms with Gasteiger partial charge in [0.2, 0.25) is 0 Å². The monoisotopic (exact) mass is 320 g/mol. The van der Waals surface area contributed by atoms with Crippen LogP contribution in [0.4, 0.5) is 0 Å². The number of carbonyl (C=O) groups excluding carboxylic acids is 1. The van der Waals surface area contributed by atoms with Gasteiger partial charge in [-0.25, -0.2) is 4.79 Å². The van der Waals surface area contributed by atoms with Crippen molar-refractivity contribution in [3.63, 3.8) is 0 Å². The van der Waals surface area contributed by atoms with E-state index in [4.69, 9.17) is 9.84 Å². The van der Waals surface area contributed by atoms with Gasteiger partial charge in [-0.2, -0.15) is 0 Å². The van der Waals surface area contributed by atoms with Crippen LogP contribution in [-0.2, 0) is 16.1 Å². The van der Waals surface area contributed by atoms with Crippen LogP contribution in [0.5, 0.6) is 0 Å². The van der Waals surface area contributed by atoms with Crippen LogP contribution in [0.25, 0.3) is 0 Å². The zero-order valence-electron chi connectivity index (χ0n) is 11.8. The molecule has 0 saturated carbocycles. The van der Waals surface area contributed by atoms with Gasteiger partial charge >= 0.3 is 5.97 Å². The van der Waals surface area contributed by atoms with Crippen molar-refractivity contribution in [1.29, 1.82) is 0 Å². The molecule has 0 bridgehead atoms. The first-order chi connectivity index (χ1) is 10.6. The Hall–Kier alpha value is -2.12. The normalized spacial score (nSPS) is 18.4. The summed E-state index contributed by atoms with van der Waals surface area (Å²) in [7, 11) is 0. The van der Waals surface area contributed by atoms with Gasteiger partial charge in [0, 0.05) is 17.6 Å². The number of morpholine rings is 1. The molecule has 6 nitrogen and oxygen atoms in total. The third-order valence-electron chi connectivity index (χ3n) is 3.58. The van der Waals surface area contributed by atoms with Crippen molar-refractivity contribution in [3.8, 4) is 0 Å². The van der Waals surface area contributed by atoms with E-state index in [2.05, 4.69) is 0 Å². The number of aliphatic carboxylic acids is 1. The van der Waals surface area contributed by atoms with E-state index in [1.165, 1.54) is 0 Å². The molecule has 2 aromatic rings. The molecule has 1 aliphatic rings. The Morgan fingerprint density at radius 2 is 2.23 bits per heavy atom. The molecule has 0 radical (unpaired) electrons. The topological polar surface area (TPSA) is 71.8 Å². The summed E-state index contributed by atoms with van der Waals surface area (Å²) in [4.78, 5) is 26.4. The first-order valence-corrected chi connectivity index (χ1v) is 7.84. The molecular formula is C15H16N2O4S. The van der Waals surface area contributed by atoms with E-state index >= 15 is 0 Å². The summed E-state index contributed by atoms with van der Waals surface area (Å²) in [6, 6.07) is 7.59. The van der Waals surface area contributed by atoms with Crippen molar-refractivity contribution < 1.29 is 19.4 Å². The van der Waals surface area contributed by atoms with Gasteiger partial charge in [0.15, 0.2) is 6.10 Å². The fraction of sp³-hybridized carbons (Fsp3) is 0.333. The lowest BCUT2D eigenvalue weighted by Gasteiger charge is -2.31. The van der Waals surface area contributed by atoms with Crippen molar-refractivity contribution >= 4 is 23.2 Å². The molecule has 7 heteroatoms. The highest BCUT2D eigenvalue weighted by Crippen LogP contribution is 2.16. The number of aromatic nitrogens is 1. The third kappa shape index (κ3) is 3.05. The van der Waals surface area contributed by atoms with E-state index < -0.39 is 12.1 Å². The molecule has 0 spiro atoms. The fourth-order valence-corrected chi connectivity index (χ4v) is 3.16. The van der Waals surface area contributed by atoms with Crippen LogP contribution in [0.3, 0.4) is 0 Å². The fourth-order valence-electron chi connectivity index (χ4n) is 2.46. The van der Waals surface area contributed by atoms with Crippen LogP contribution in [0.15, 0.2) is 35.8 Å². The summed E-state index contributed by atoms with van der Waals surface area (Å²) in [6.07, 6.45) is 0.917. The number of ether oxygens (including phenoxy) is 1. The Balaban J connectivity index is 1.75. The molecular weight excluding hydrogens is 304 g/mol. The second kappa shape index (κ2) is 6.33. The summed E-state index contributed by atoms with van der Waals surface area (Å²) in [5, 5.41) is 11.0. The van der Waals surface area contributed by atoms with Gasteiger partial charge in [-0.15, -0.1) is 11.3 Å². The minimum Gasteiger partial charge on any atom is -0.479 e. The van der Waals surface area contributed by atoms with Crippen LogP contribution >= 0.6 is 11.3 Å². The number of nitrogens with zero attached hydrogens (tertiary/aromatic N) is 2. The molecule has 1 atom stereocenters. The lowest BCUT2D eigenvalue weighted by atomic mass is 10.2. The summed E-state index contributed by atoms with van der Waals surface area (Å²) in [6.45, 7) is 1.37. The molecule has 116 valence electrons. The highest BCUT2D eigenvalue weighted by molar-refractivity contribution is 7.09. The zero-order valence-corrected chi connectivity index (χ0v) is 12.7. The maximum absolute atomic E-state index is 12.6. The van der Waals surface area contributed by atoms with Gasteiger partial charge in [-0.3, -0.25) is 4.79 Å². The number of amides is 1. The van der Waals surface area contributed by atoms with Gasteiger partial charge in [0.1, 0.15) is 5.69 Å². The summed E-state index contributed by atoms with van der Waals surface area (Å²) in [5.74, 6) is -1.19. The number of carbonyl (C=O) groups is 2. The molecule has 3 rings (SSSR count). The summed E-state index contributed by atoms with van der Waals surface area (Å²) in [5.41, 5.74) is 0.569. The first kappa shape index (κ1) is 14.8. The van der Waals surface area contributed by atoms with Crippen molar-refractivity contribution in [2.24, 2.45) is 0 Å². The number of carboxylic acids is 1. The number of hydrogen-bond donors (Lipinski definition) is 1. The smallest absolute Gasteiger partial charge is 0.334 e. The molecule has 3 heterocycles. The molecule has 1 aliphatic heterocycles. The zero-order chi connectivity index (χ0) is 15.5. The SMILES string of the molecule is O=C(O)C1CN(C(=O)c2cccn2Cc2cccs2)CCO1.